The van der Waals surface area contributed by atoms with Crippen molar-refractivity contribution in [1.29, 1.82) is 0 Å². The van der Waals surface area contributed by atoms with Gasteiger partial charge in [0.25, 0.3) is 0 Å². The van der Waals surface area contributed by atoms with Crippen molar-refractivity contribution in [3.8, 4) is 0 Å². The van der Waals surface area contributed by atoms with Crippen LogP contribution in [0.4, 0.5) is 0 Å². The van der Waals surface area contributed by atoms with E-state index in [1.807, 2.05) is 17.4 Å². The molecule has 1 unspecified atom stereocenters. The summed E-state index contributed by atoms with van der Waals surface area (Å²) in [4.78, 5) is 1.42. The van der Waals surface area contributed by atoms with Gasteiger partial charge in [-0.15, -0.1) is 22.9 Å². The summed E-state index contributed by atoms with van der Waals surface area (Å²) in [5.41, 5.74) is 1.34. The van der Waals surface area contributed by atoms with Gasteiger partial charge in [-0.05, 0) is 41.8 Å². The van der Waals surface area contributed by atoms with Crippen LogP contribution in [0, 0.1) is 5.92 Å². The summed E-state index contributed by atoms with van der Waals surface area (Å²) in [6.45, 7) is 0. The van der Waals surface area contributed by atoms with Crippen LogP contribution in [0.3, 0.4) is 0 Å². The van der Waals surface area contributed by atoms with Gasteiger partial charge in [0.05, 0.1) is 0 Å². The molecule has 0 spiro atoms. The lowest BCUT2D eigenvalue weighted by molar-refractivity contribution is 0.588. The Hall–Kier alpha value is -0.310. The highest BCUT2D eigenvalue weighted by Gasteiger charge is 2.11. The van der Waals surface area contributed by atoms with Crippen molar-refractivity contribution in [2.45, 2.75) is 12.8 Å². The maximum absolute atomic E-state index is 6.08. The molecule has 0 aliphatic carbocycles. The van der Waals surface area contributed by atoms with Gasteiger partial charge in [-0.2, -0.15) is 0 Å². The van der Waals surface area contributed by atoms with Gasteiger partial charge in [-0.1, -0.05) is 40.2 Å². The fourth-order valence-electron chi connectivity index (χ4n) is 1.87. The molecule has 0 fully saturated rings. The predicted octanol–water partition coefficient (Wildman–Crippen LogP) is 5.15. The van der Waals surface area contributed by atoms with E-state index in [4.69, 9.17) is 11.6 Å². The number of halogens is 2. The normalized spacial score (nSPS) is 12.6. The molecule has 1 aromatic carbocycles. The molecule has 1 aromatic heterocycles. The maximum atomic E-state index is 6.08. The van der Waals surface area contributed by atoms with E-state index in [1.165, 1.54) is 14.9 Å². The van der Waals surface area contributed by atoms with E-state index in [1.54, 1.807) is 0 Å². The van der Waals surface area contributed by atoms with Crippen molar-refractivity contribution in [1.82, 2.24) is 0 Å². The molecule has 0 N–H and O–H groups in total. The second-order valence-corrected chi connectivity index (χ2v) is 6.29. The van der Waals surface area contributed by atoms with Gasteiger partial charge >= 0.3 is 0 Å². The van der Waals surface area contributed by atoms with Crippen molar-refractivity contribution >= 4 is 38.9 Å². The fourth-order valence-corrected chi connectivity index (χ4v) is 3.36. The van der Waals surface area contributed by atoms with Gasteiger partial charge in [-0.25, -0.2) is 0 Å². The molecular formula is C14H14BrClS. The maximum Gasteiger partial charge on any atom is 0.0258 e. The molecule has 0 aliphatic rings. The Balaban J connectivity index is 2.03. The number of hydrogen-bond acceptors (Lipinski definition) is 1. The van der Waals surface area contributed by atoms with Crippen LogP contribution >= 0.6 is 38.9 Å². The van der Waals surface area contributed by atoms with Gasteiger partial charge < -0.3 is 0 Å². The zero-order chi connectivity index (χ0) is 12.1. The molecule has 0 aliphatic heterocycles. The second kappa shape index (κ2) is 6.58. The third-order valence-corrected chi connectivity index (χ3v) is 4.86. The first-order valence-corrected chi connectivity index (χ1v) is 7.82. The summed E-state index contributed by atoms with van der Waals surface area (Å²) in [7, 11) is 0. The van der Waals surface area contributed by atoms with Crippen LogP contribution in [0.25, 0.3) is 0 Å². The second-order valence-electron chi connectivity index (χ2n) is 4.10. The third-order valence-electron chi connectivity index (χ3n) is 2.75. The van der Waals surface area contributed by atoms with Crippen LogP contribution in [-0.4, -0.2) is 5.88 Å². The number of hydrogen-bond donors (Lipinski definition) is 0. The number of alkyl halides is 1. The van der Waals surface area contributed by atoms with E-state index in [9.17, 15) is 0 Å². The predicted molar refractivity (Wildman–Crippen MR) is 80.1 cm³/mol. The molecule has 90 valence electrons. The quantitative estimate of drug-likeness (QED) is 0.665. The Morgan fingerprint density at radius 3 is 2.59 bits per heavy atom. The van der Waals surface area contributed by atoms with Crippen molar-refractivity contribution in [3.05, 3.63) is 56.7 Å². The summed E-state index contributed by atoms with van der Waals surface area (Å²) in [5, 5.41) is 2.12. The standard InChI is InChI=1S/C14H14BrClS/c15-14-6-2-1-4-12(14)8-11(10-16)9-13-5-3-7-17-13/h1-7,11H,8-10H2. The number of thiophene rings is 1. The zero-order valence-electron chi connectivity index (χ0n) is 9.40. The Kier molecular flexibility index (Phi) is 5.08. The first-order chi connectivity index (χ1) is 8.29. The van der Waals surface area contributed by atoms with Gasteiger partial charge in [-0.3, -0.25) is 0 Å². The highest BCUT2D eigenvalue weighted by molar-refractivity contribution is 9.10. The minimum Gasteiger partial charge on any atom is -0.149 e. The molecule has 0 saturated carbocycles. The van der Waals surface area contributed by atoms with E-state index >= 15 is 0 Å². The monoisotopic (exact) mass is 328 g/mol. The van der Waals surface area contributed by atoms with Crippen LogP contribution in [0.1, 0.15) is 10.4 Å². The summed E-state index contributed by atoms with van der Waals surface area (Å²) in [6, 6.07) is 12.7. The Bertz CT molecular complexity index is 453. The van der Waals surface area contributed by atoms with Crippen LogP contribution in [0.5, 0.6) is 0 Å². The zero-order valence-corrected chi connectivity index (χ0v) is 12.6. The first-order valence-electron chi connectivity index (χ1n) is 5.61. The van der Waals surface area contributed by atoms with E-state index < -0.39 is 0 Å². The lowest BCUT2D eigenvalue weighted by Gasteiger charge is -2.13. The fraction of sp³-hybridized carbons (Fsp3) is 0.286. The number of rotatable bonds is 5. The molecule has 0 nitrogen and oxygen atoms in total. The largest absolute Gasteiger partial charge is 0.149 e. The summed E-state index contributed by atoms with van der Waals surface area (Å²) in [6.07, 6.45) is 2.10. The van der Waals surface area contributed by atoms with Crippen molar-refractivity contribution < 1.29 is 0 Å². The molecule has 0 radical (unpaired) electrons. The third kappa shape index (κ3) is 3.84. The van der Waals surface area contributed by atoms with Crippen molar-refractivity contribution in [2.75, 3.05) is 5.88 Å². The highest BCUT2D eigenvalue weighted by atomic mass is 79.9. The molecule has 2 aromatic rings. The average molecular weight is 330 g/mol. The molecule has 2 rings (SSSR count). The van der Waals surface area contributed by atoms with Gasteiger partial charge in [0.15, 0.2) is 0 Å². The van der Waals surface area contributed by atoms with Crippen LogP contribution in [0.2, 0.25) is 0 Å². The molecular weight excluding hydrogens is 316 g/mol. The van der Waals surface area contributed by atoms with Gasteiger partial charge in [0.2, 0.25) is 0 Å². The molecule has 0 saturated heterocycles. The van der Waals surface area contributed by atoms with E-state index in [0.717, 1.165) is 12.8 Å². The average Bonchev–Trinajstić information content (AvgIpc) is 2.84. The van der Waals surface area contributed by atoms with Crippen LogP contribution in [-0.2, 0) is 12.8 Å². The SMILES string of the molecule is ClCC(Cc1cccs1)Cc1ccccc1Br. The van der Waals surface area contributed by atoms with Crippen LogP contribution < -0.4 is 0 Å². The minimum absolute atomic E-state index is 0.508. The number of benzene rings is 1. The van der Waals surface area contributed by atoms with Crippen LogP contribution in [0.15, 0.2) is 46.3 Å². The van der Waals surface area contributed by atoms with E-state index in [-0.39, 0.29) is 0 Å². The highest BCUT2D eigenvalue weighted by Crippen LogP contribution is 2.23. The van der Waals surface area contributed by atoms with Gasteiger partial charge in [0.1, 0.15) is 0 Å². The molecule has 3 heteroatoms. The lowest BCUT2D eigenvalue weighted by Crippen LogP contribution is -2.09. The lowest BCUT2D eigenvalue weighted by atomic mass is 9.97. The molecule has 17 heavy (non-hydrogen) atoms. The molecule has 1 heterocycles. The molecule has 0 amide bonds. The Morgan fingerprint density at radius 1 is 1.12 bits per heavy atom. The summed E-state index contributed by atoms with van der Waals surface area (Å²) in [5.74, 6) is 1.22. The summed E-state index contributed by atoms with van der Waals surface area (Å²) >= 11 is 11.5. The van der Waals surface area contributed by atoms with Crippen molar-refractivity contribution in [3.63, 3.8) is 0 Å². The minimum atomic E-state index is 0.508. The Morgan fingerprint density at radius 2 is 1.94 bits per heavy atom. The topological polar surface area (TPSA) is 0 Å². The Labute approximate surface area is 120 Å². The molecule has 1 atom stereocenters. The van der Waals surface area contributed by atoms with Crippen molar-refractivity contribution in [2.24, 2.45) is 5.92 Å². The summed E-state index contributed by atoms with van der Waals surface area (Å²) < 4.78 is 1.18. The molecule has 0 bridgehead atoms. The van der Waals surface area contributed by atoms with E-state index in [0.29, 0.717) is 11.8 Å². The van der Waals surface area contributed by atoms with Gasteiger partial charge in [0, 0.05) is 15.2 Å². The first kappa shape index (κ1) is 13.1. The smallest absolute Gasteiger partial charge is 0.0258 e. The van der Waals surface area contributed by atoms with E-state index in [2.05, 4.69) is 51.6 Å².